The Balaban J connectivity index is 1.58. The third kappa shape index (κ3) is 3.48. The maximum atomic E-state index is 13.9. The smallest absolute Gasteiger partial charge is 0.259 e. The molecule has 1 amide bonds. The summed E-state index contributed by atoms with van der Waals surface area (Å²) in [5, 5.41) is 3.92. The van der Waals surface area contributed by atoms with E-state index in [4.69, 9.17) is 0 Å². The lowest BCUT2D eigenvalue weighted by Crippen LogP contribution is -2.29. The second-order valence-corrected chi connectivity index (χ2v) is 8.04. The number of nitrogens with zero attached hydrogens (tertiary/aromatic N) is 1. The van der Waals surface area contributed by atoms with Crippen LogP contribution in [0.2, 0.25) is 0 Å². The third-order valence-electron chi connectivity index (χ3n) is 5.21. The normalized spacial score (nSPS) is 17.5. The van der Waals surface area contributed by atoms with Gasteiger partial charge in [-0.05, 0) is 62.9 Å². The summed E-state index contributed by atoms with van der Waals surface area (Å²) in [4.78, 5) is 16.4. The second-order valence-electron chi connectivity index (χ2n) is 6.94. The van der Waals surface area contributed by atoms with Gasteiger partial charge in [-0.2, -0.15) is 0 Å². The molecule has 0 atom stereocenters. The first-order valence-corrected chi connectivity index (χ1v) is 9.95. The van der Waals surface area contributed by atoms with E-state index in [1.807, 2.05) is 0 Å². The molecule has 0 saturated carbocycles. The number of carbonyl (C=O) groups excluding carboxylic acids is 1. The Morgan fingerprint density at radius 3 is 2.72 bits per heavy atom. The molecule has 0 spiro atoms. The van der Waals surface area contributed by atoms with Crippen LogP contribution in [-0.4, -0.2) is 23.9 Å². The van der Waals surface area contributed by atoms with Gasteiger partial charge in [0.1, 0.15) is 10.8 Å². The lowest BCUT2D eigenvalue weighted by Gasteiger charge is -2.27. The molecule has 1 fully saturated rings. The number of likely N-dealkylation sites (tertiary alicyclic amines) is 1. The van der Waals surface area contributed by atoms with Crippen LogP contribution in [0.4, 0.5) is 9.39 Å². The topological polar surface area (TPSA) is 32.3 Å². The highest BCUT2D eigenvalue weighted by molar-refractivity contribution is 7.16. The van der Waals surface area contributed by atoms with Gasteiger partial charge in [0.25, 0.3) is 5.91 Å². The molecule has 0 radical (unpaired) electrons. The lowest BCUT2D eigenvalue weighted by molar-refractivity contribution is 0.102. The standard InChI is InChI=1S/C20H23FN2OS/c21-17-9-3-2-7-15(17)19(24)22-20-16(13-23-11-4-1-5-12-23)14-8-6-10-18(14)25-20/h2-3,7,9H,1,4-6,8,10-13H2,(H,22,24). The Morgan fingerprint density at radius 2 is 1.92 bits per heavy atom. The maximum Gasteiger partial charge on any atom is 0.259 e. The summed E-state index contributed by atoms with van der Waals surface area (Å²) >= 11 is 1.68. The molecule has 1 saturated heterocycles. The van der Waals surface area contributed by atoms with Crippen LogP contribution in [-0.2, 0) is 19.4 Å². The number of carbonyl (C=O) groups is 1. The molecule has 0 bridgehead atoms. The van der Waals surface area contributed by atoms with Gasteiger partial charge in [-0.1, -0.05) is 18.6 Å². The van der Waals surface area contributed by atoms with Gasteiger partial charge in [0.2, 0.25) is 0 Å². The number of hydrogen-bond donors (Lipinski definition) is 1. The number of rotatable bonds is 4. The van der Waals surface area contributed by atoms with E-state index in [2.05, 4.69) is 10.2 Å². The first kappa shape index (κ1) is 16.7. The van der Waals surface area contributed by atoms with Gasteiger partial charge in [0, 0.05) is 17.0 Å². The van der Waals surface area contributed by atoms with Crippen molar-refractivity contribution in [3.8, 4) is 0 Å². The van der Waals surface area contributed by atoms with Crippen LogP contribution in [0, 0.1) is 5.82 Å². The summed E-state index contributed by atoms with van der Waals surface area (Å²) < 4.78 is 13.9. The number of aryl methyl sites for hydroxylation is 1. The van der Waals surface area contributed by atoms with E-state index in [-0.39, 0.29) is 11.5 Å². The van der Waals surface area contributed by atoms with Crippen molar-refractivity contribution >= 4 is 22.2 Å². The fourth-order valence-corrected chi connectivity index (χ4v) is 5.19. The van der Waals surface area contributed by atoms with Crippen molar-refractivity contribution in [3.05, 3.63) is 51.7 Å². The van der Waals surface area contributed by atoms with Crippen molar-refractivity contribution in [2.45, 2.75) is 45.1 Å². The zero-order valence-electron chi connectivity index (χ0n) is 14.3. The molecule has 1 aliphatic carbocycles. The minimum atomic E-state index is -0.471. The van der Waals surface area contributed by atoms with E-state index in [1.165, 1.54) is 53.8 Å². The molecule has 2 heterocycles. The highest BCUT2D eigenvalue weighted by atomic mass is 32.1. The van der Waals surface area contributed by atoms with Crippen molar-refractivity contribution in [3.63, 3.8) is 0 Å². The summed E-state index contributed by atoms with van der Waals surface area (Å²) in [6, 6.07) is 6.17. The molecular formula is C20H23FN2OS. The Kier molecular flexibility index (Phi) is 4.86. The molecule has 3 nitrogen and oxygen atoms in total. The minimum absolute atomic E-state index is 0.111. The van der Waals surface area contributed by atoms with Gasteiger partial charge in [-0.3, -0.25) is 9.69 Å². The van der Waals surface area contributed by atoms with Crippen LogP contribution in [0.3, 0.4) is 0 Å². The number of hydrogen-bond acceptors (Lipinski definition) is 3. The van der Waals surface area contributed by atoms with E-state index < -0.39 is 5.82 Å². The number of benzene rings is 1. The Hall–Kier alpha value is -1.72. The second kappa shape index (κ2) is 7.26. The molecule has 1 aromatic heterocycles. The highest BCUT2D eigenvalue weighted by Gasteiger charge is 2.25. The zero-order chi connectivity index (χ0) is 17.2. The van der Waals surface area contributed by atoms with E-state index in [0.29, 0.717) is 0 Å². The molecule has 2 aliphatic rings. The summed E-state index contributed by atoms with van der Waals surface area (Å²) in [7, 11) is 0. The Labute approximate surface area is 151 Å². The lowest BCUT2D eigenvalue weighted by atomic mass is 10.1. The minimum Gasteiger partial charge on any atom is -0.313 e. The summed E-state index contributed by atoms with van der Waals surface area (Å²) in [5.41, 5.74) is 2.81. The van der Waals surface area contributed by atoms with Crippen LogP contribution in [0.5, 0.6) is 0 Å². The van der Waals surface area contributed by atoms with Gasteiger partial charge in [-0.25, -0.2) is 4.39 Å². The van der Waals surface area contributed by atoms with E-state index in [0.717, 1.165) is 37.5 Å². The van der Waals surface area contributed by atoms with Gasteiger partial charge in [0.05, 0.1) is 5.56 Å². The Morgan fingerprint density at radius 1 is 1.12 bits per heavy atom. The van der Waals surface area contributed by atoms with Crippen LogP contribution in [0.15, 0.2) is 24.3 Å². The molecule has 132 valence electrons. The van der Waals surface area contributed by atoms with Crippen LogP contribution in [0.1, 0.15) is 52.0 Å². The predicted molar refractivity (Wildman–Crippen MR) is 99.8 cm³/mol. The Bertz CT molecular complexity index is 780. The first-order valence-electron chi connectivity index (χ1n) is 9.14. The molecule has 0 unspecified atom stereocenters. The van der Waals surface area contributed by atoms with Crippen LogP contribution < -0.4 is 5.32 Å². The number of fused-ring (bicyclic) bond motifs is 1. The van der Waals surface area contributed by atoms with Gasteiger partial charge >= 0.3 is 0 Å². The van der Waals surface area contributed by atoms with Crippen LogP contribution in [0.25, 0.3) is 0 Å². The molecule has 25 heavy (non-hydrogen) atoms. The van der Waals surface area contributed by atoms with Crippen LogP contribution >= 0.6 is 11.3 Å². The highest BCUT2D eigenvalue weighted by Crippen LogP contribution is 2.40. The van der Waals surface area contributed by atoms with E-state index >= 15 is 0 Å². The summed E-state index contributed by atoms with van der Waals surface area (Å²) in [6.07, 6.45) is 7.23. The predicted octanol–water partition coefficient (Wildman–Crippen LogP) is 4.61. The van der Waals surface area contributed by atoms with E-state index in [9.17, 15) is 9.18 Å². The van der Waals surface area contributed by atoms with Gasteiger partial charge < -0.3 is 5.32 Å². The zero-order valence-corrected chi connectivity index (χ0v) is 15.1. The SMILES string of the molecule is O=C(Nc1sc2c(c1CN1CCCCC1)CCC2)c1ccccc1F. The molecule has 1 N–H and O–H groups in total. The van der Waals surface area contributed by atoms with Crippen molar-refractivity contribution in [2.75, 3.05) is 18.4 Å². The van der Waals surface area contributed by atoms with Crippen molar-refractivity contribution in [1.82, 2.24) is 4.90 Å². The largest absolute Gasteiger partial charge is 0.313 e. The molecule has 1 aliphatic heterocycles. The summed E-state index contributed by atoms with van der Waals surface area (Å²) in [6.45, 7) is 3.16. The van der Waals surface area contributed by atoms with Gasteiger partial charge in [-0.15, -0.1) is 11.3 Å². The maximum absolute atomic E-state index is 13.9. The van der Waals surface area contributed by atoms with E-state index in [1.54, 1.807) is 23.5 Å². The van der Waals surface area contributed by atoms with Crippen molar-refractivity contribution in [2.24, 2.45) is 0 Å². The number of halogens is 1. The molecule has 4 rings (SSSR count). The van der Waals surface area contributed by atoms with Crippen molar-refractivity contribution in [1.29, 1.82) is 0 Å². The quantitative estimate of drug-likeness (QED) is 0.865. The molecule has 5 heteroatoms. The molecular weight excluding hydrogens is 335 g/mol. The van der Waals surface area contributed by atoms with Gasteiger partial charge in [0.15, 0.2) is 0 Å². The fourth-order valence-electron chi connectivity index (χ4n) is 3.89. The number of amides is 1. The number of thiophene rings is 1. The number of nitrogens with one attached hydrogen (secondary N) is 1. The monoisotopic (exact) mass is 358 g/mol. The van der Waals surface area contributed by atoms with Crippen molar-refractivity contribution < 1.29 is 9.18 Å². The number of piperidine rings is 1. The molecule has 1 aromatic carbocycles. The average molecular weight is 358 g/mol. The summed E-state index contributed by atoms with van der Waals surface area (Å²) in [5.74, 6) is -0.820. The molecule has 2 aromatic rings. The number of anilines is 1. The first-order chi connectivity index (χ1) is 12.2. The fraction of sp³-hybridized carbons (Fsp3) is 0.450. The third-order valence-corrected chi connectivity index (χ3v) is 6.46. The average Bonchev–Trinajstić information content (AvgIpc) is 3.19.